The summed E-state index contributed by atoms with van der Waals surface area (Å²) < 4.78 is 19.0. The van der Waals surface area contributed by atoms with E-state index in [4.69, 9.17) is 16.1 Å². The molecular formula is C17H15ClFN7O5. The number of amides is 2. The Morgan fingerprint density at radius 2 is 1.94 bits per heavy atom. The van der Waals surface area contributed by atoms with Crippen LogP contribution in [0.1, 0.15) is 16.4 Å². The molecule has 0 aliphatic carbocycles. The molecule has 0 aliphatic heterocycles. The topological polar surface area (TPSA) is 158 Å². The van der Waals surface area contributed by atoms with Gasteiger partial charge in [-0.05, 0) is 36.1 Å². The Hall–Kier alpha value is -3.87. The Kier molecular flexibility index (Phi) is 6.55. The molecule has 0 radical (unpaired) electrons. The Labute approximate surface area is 178 Å². The molecule has 2 heterocycles. The first-order valence-corrected chi connectivity index (χ1v) is 9.16. The van der Waals surface area contributed by atoms with Crippen LogP contribution in [0.5, 0.6) is 0 Å². The van der Waals surface area contributed by atoms with Crippen LogP contribution in [-0.4, -0.2) is 49.7 Å². The highest BCUT2D eigenvalue weighted by Gasteiger charge is 2.25. The van der Waals surface area contributed by atoms with Crippen LogP contribution in [0, 0.1) is 22.9 Å². The molecule has 2 N–H and O–H groups in total. The van der Waals surface area contributed by atoms with Gasteiger partial charge >= 0.3 is 17.6 Å². The summed E-state index contributed by atoms with van der Waals surface area (Å²) in [5, 5.41) is 23.1. The SMILES string of the molecule is Cc1c(Cl)c([N+](=O)[O-])nn1CC(=O)NCCNC(=O)c1nc(-c2ccc(F)cc2)no1. The summed E-state index contributed by atoms with van der Waals surface area (Å²) in [7, 11) is 0. The largest absolute Gasteiger partial charge is 0.408 e. The van der Waals surface area contributed by atoms with E-state index in [0.29, 0.717) is 5.56 Å². The quantitative estimate of drug-likeness (QED) is 0.296. The van der Waals surface area contributed by atoms with E-state index in [1.807, 2.05) is 0 Å². The third-order valence-electron chi connectivity index (χ3n) is 4.04. The minimum absolute atomic E-state index is 0.0534. The maximum Gasteiger partial charge on any atom is 0.408 e. The average molecular weight is 452 g/mol. The van der Waals surface area contributed by atoms with Crippen molar-refractivity contribution in [3.05, 3.63) is 56.8 Å². The van der Waals surface area contributed by atoms with Gasteiger partial charge in [0.25, 0.3) is 0 Å². The second kappa shape index (κ2) is 9.30. The van der Waals surface area contributed by atoms with Gasteiger partial charge in [0.15, 0.2) is 5.02 Å². The van der Waals surface area contributed by atoms with Gasteiger partial charge in [0, 0.05) is 18.7 Å². The van der Waals surface area contributed by atoms with E-state index in [2.05, 4.69) is 25.9 Å². The number of hydrogen-bond acceptors (Lipinski definition) is 8. The first-order valence-electron chi connectivity index (χ1n) is 8.78. The van der Waals surface area contributed by atoms with Crippen molar-refractivity contribution < 1.29 is 23.4 Å². The maximum atomic E-state index is 13.0. The van der Waals surface area contributed by atoms with E-state index in [9.17, 15) is 24.1 Å². The van der Waals surface area contributed by atoms with Crippen molar-refractivity contribution in [2.75, 3.05) is 13.1 Å². The van der Waals surface area contributed by atoms with E-state index >= 15 is 0 Å². The summed E-state index contributed by atoms with van der Waals surface area (Å²) in [5.74, 6) is -2.25. The lowest BCUT2D eigenvalue weighted by Crippen LogP contribution is -2.36. The minimum atomic E-state index is -0.738. The highest BCUT2D eigenvalue weighted by Crippen LogP contribution is 2.26. The molecule has 12 nitrogen and oxygen atoms in total. The number of nitro groups is 1. The number of carbonyl (C=O) groups is 2. The molecule has 0 saturated carbocycles. The zero-order valence-corrected chi connectivity index (χ0v) is 16.7. The lowest BCUT2D eigenvalue weighted by atomic mass is 10.2. The summed E-state index contributed by atoms with van der Waals surface area (Å²) in [4.78, 5) is 38.1. The van der Waals surface area contributed by atoms with Crippen molar-refractivity contribution in [2.24, 2.45) is 0 Å². The van der Waals surface area contributed by atoms with Crippen LogP contribution in [-0.2, 0) is 11.3 Å². The lowest BCUT2D eigenvalue weighted by molar-refractivity contribution is -0.389. The number of rotatable bonds is 8. The van der Waals surface area contributed by atoms with Crippen LogP contribution in [0.15, 0.2) is 28.8 Å². The van der Waals surface area contributed by atoms with Gasteiger partial charge < -0.3 is 25.3 Å². The van der Waals surface area contributed by atoms with E-state index in [1.54, 1.807) is 0 Å². The van der Waals surface area contributed by atoms with Gasteiger partial charge in [-0.25, -0.2) is 4.39 Å². The van der Waals surface area contributed by atoms with Crippen molar-refractivity contribution in [1.82, 2.24) is 30.6 Å². The van der Waals surface area contributed by atoms with E-state index in [0.717, 1.165) is 4.68 Å². The predicted molar refractivity (Wildman–Crippen MR) is 104 cm³/mol. The summed E-state index contributed by atoms with van der Waals surface area (Å²) in [6.45, 7) is 1.34. The molecule has 14 heteroatoms. The number of benzene rings is 1. The van der Waals surface area contributed by atoms with Crippen molar-refractivity contribution in [1.29, 1.82) is 0 Å². The Morgan fingerprint density at radius 1 is 1.26 bits per heavy atom. The molecule has 0 aliphatic rings. The summed E-state index contributed by atoms with van der Waals surface area (Å²) in [6, 6.07) is 5.34. The second-order valence-corrected chi connectivity index (χ2v) is 6.55. The zero-order valence-electron chi connectivity index (χ0n) is 16.0. The van der Waals surface area contributed by atoms with Gasteiger partial charge in [-0.1, -0.05) is 16.8 Å². The van der Waals surface area contributed by atoms with Crippen molar-refractivity contribution in [2.45, 2.75) is 13.5 Å². The summed E-state index contributed by atoms with van der Waals surface area (Å²) in [5.41, 5.74) is 0.760. The third-order valence-corrected chi connectivity index (χ3v) is 4.48. The van der Waals surface area contributed by atoms with Gasteiger partial charge in [-0.15, -0.1) is 0 Å². The third kappa shape index (κ3) is 5.19. The van der Waals surface area contributed by atoms with Crippen molar-refractivity contribution in [3.63, 3.8) is 0 Å². The fourth-order valence-corrected chi connectivity index (χ4v) is 2.66. The molecule has 0 unspecified atom stereocenters. The predicted octanol–water partition coefficient (Wildman–Crippen LogP) is 1.49. The normalized spacial score (nSPS) is 10.7. The first-order chi connectivity index (χ1) is 14.8. The number of hydrogen-bond donors (Lipinski definition) is 2. The fraction of sp³-hybridized carbons (Fsp3) is 0.235. The zero-order chi connectivity index (χ0) is 22.5. The van der Waals surface area contributed by atoms with Crippen LogP contribution in [0.2, 0.25) is 5.02 Å². The Bertz CT molecular complexity index is 1130. The molecule has 0 atom stereocenters. The van der Waals surface area contributed by atoms with Gasteiger partial charge in [-0.2, -0.15) is 9.67 Å². The maximum absolute atomic E-state index is 13.0. The van der Waals surface area contributed by atoms with Gasteiger partial charge in [0.05, 0.1) is 10.8 Å². The average Bonchev–Trinajstić information content (AvgIpc) is 3.33. The molecule has 162 valence electrons. The molecule has 3 rings (SSSR count). The number of nitrogens with one attached hydrogen (secondary N) is 2. The fourth-order valence-electron chi connectivity index (χ4n) is 2.46. The monoisotopic (exact) mass is 451 g/mol. The van der Waals surface area contributed by atoms with Crippen LogP contribution in [0.3, 0.4) is 0 Å². The van der Waals surface area contributed by atoms with Gasteiger partial charge in [0.2, 0.25) is 11.7 Å². The lowest BCUT2D eigenvalue weighted by Gasteiger charge is -2.05. The molecule has 31 heavy (non-hydrogen) atoms. The van der Waals surface area contributed by atoms with E-state index in [-0.39, 0.29) is 42.1 Å². The molecule has 3 aromatic rings. The number of aromatic nitrogens is 4. The number of halogens is 2. The standard InChI is InChI=1S/C17H15ClFN7O5/c1-9-13(18)15(26(29)30)23-25(9)8-12(27)20-6-7-21-16(28)17-22-14(24-31-17)10-2-4-11(19)5-3-10/h2-5H,6-8H2,1H3,(H,20,27)(H,21,28). The smallest absolute Gasteiger partial charge is 0.358 e. The van der Waals surface area contributed by atoms with Crippen LogP contribution < -0.4 is 10.6 Å². The molecule has 0 saturated heterocycles. The molecule has 0 fully saturated rings. The van der Waals surface area contributed by atoms with Gasteiger partial charge in [0.1, 0.15) is 12.4 Å². The molecule has 0 spiro atoms. The van der Waals surface area contributed by atoms with Crippen LogP contribution >= 0.6 is 11.6 Å². The highest BCUT2D eigenvalue weighted by molar-refractivity contribution is 6.33. The molecular weight excluding hydrogens is 437 g/mol. The molecule has 2 amide bonds. The van der Waals surface area contributed by atoms with Crippen LogP contribution in [0.25, 0.3) is 11.4 Å². The van der Waals surface area contributed by atoms with Crippen molar-refractivity contribution in [3.8, 4) is 11.4 Å². The van der Waals surface area contributed by atoms with Gasteiger partial charge in [-0.3, -0.25) is 9.59 Å². The second-order valence-electron chi connectivity index (χ2n) is 6.17. The van der Waals surface area contributed by atoms with E-state index in [1.165, 1.54) is 31.2 Å². The molecule has 2 aromatic heterocycles. The molecule has 0 bridgehead atoms. The van der Waals surface area contributed by atoms with Crippen LogP contribution in [0.4, 0.5) is 10.2 Å². The summed E-state index contributed by atoms with van der Waals surface area (Å²) in [6.07, 6.45) is 0. The summed E-state index contributed by atoms with van der Waals surface area (Å²) >= 11 is 5.82. The number of nitrogens with zero attached hydrogens (tertiary/aromatic N) is 5. The Morgan fingerprint density at radius 3 is 2.58 bits per heavy atom. The Balaban J connectivity index is 1.46. The highest BCUT2D eigenvalue weighted by atomic mass is 35.5. The molecule has 1 aromatic carbocycles. The minimum Gasteiger partial charge on any atom is -0.358 e. The first kappa shape index (κ1) is 21.8. The van der Waals surface area contributed by atoms with Crippen molar-refractivity contribution >= 4 is 29.2 Å². The number of carbonyl (C=O) groups excluding carboxylic acids is 2. The van der Waals surface area contributed by atoms with E-state index < -0.39 is 28.4 Å².